The highest BCUT2D eigenvalue weighted by molar-refractivity contribution is 6.52. The number of pyridine rings is 1. The zero-order chi connectivity index (χ0) is 16.8. The number of furan rings is 1. The monoisotopic (exact) mass is 330 g/mol. The first-order valence-electron chi connectivity index (χ1n) is 7.38. The van der Waals surface area contributed by atoms with E-state index in [2.05, 4.69) is 4.98 Å². The van der Waals surface area contributed by atoms with Gasteiger partial charge < -0.3 is 14.2 Å². The molecule has 0 aliphatic carbocycles. The Morgan fingerprint density at radius 1 is 1.17 bits per heavy atom. The second-order valence-electron chi connectivity index (χ2n) is 6.65. The molecule has 0 spiro atoms. The van der Waals surface area contributed by atoms with Gasteiger partial charge in [-0.1, -0.05) is 11.6 Å². The first-order chi connectivity index (χ1) is 10.7. The quantitative estimate of drug-likeness (QED) is 0.745. The van der Waals surface area contributed by atoms with E-state index in [0.717, 1.165) is 16.2 Å². The predicted molar refractivity (Wildman–Crippen MR) is 93.4 cm³/mol. The van der Waals surface area contributed by atoms with Gasteiger partial charge in [0.1, 0.15) is 5.58 Å². The van der Waals surface area contributed by atoms with Crippen LogP contribution < -0.4 is 5.46 Å². The summed E-state index contributed by atoms with van der Waals surface area (Å²) in [5.74, 6) is 0. The number of rotatable bonds is 4. The third kappa shape index (κ3) is 2.96. The molecule has 4 nitrogen and oxygen atoms in total. The number of hydrogen-bond donors (Lipinski definition) is 1. The Labute approximate surface area is 140 Å². The maximum atomic E-state index is 10.2. The molecule has 0 unspecified atom stereocenters. The second kappa shape index (κ2) is 5.51. The minimum absolute atomic E-state index is 0.620. The molecule has 0 aliphatic rings. The second-order valence-corrected chi connectivity index (χ2v) is 7.09. The van der Waals surface area contributed by atoms with Gasteiger partial charge in [-0.05, 0) is 45.3 Å². The summed E-state index contributed by atoms with van der Waals surface area (Å²) in [6.07, 6.45) is 3.38. The van der Waals surface area contributed by atoms with E-state index in [1.807, 2.05) is 26.0 Å². The first-order valence-corrected chi connectivity index (χ1v) is 7.76. The number of aromatic nitrogens is 1. The highest BCUT2D eigenvalue weighted by atomic mass is 35.5. The van der Waals surface area contributed by atoms with Gasteiger partial charge in [0, 0.05) is 28.1 Å². The SMILES string of the molecule is CC(C)(O)C(C)(C)O[B]c1cncc2oc3cc(Cl)ccc3c12. The average Bonchev–Trinajstić information content (AvgIpc) is 2.81. The summed E-state index contributed by atoms with van der Waals surface area (Å²) < 4.78 is 11.6. The molecule has 119 valence electrons. The molecule has 23 heavy (non-hydrogen) atoms. The molecule has 0 saturated carbocycles. The Kier molecular flexibility index (Phi) is 3.91. The van der Waals surface area contributed by atoms with Crippen molar-refractivity contribution in [1.82, 2.24) is 4.98 Å². The molecule has 1 aromatic carbocycles. The van der Waals surface area contributed by atoms with Crippen LogP contribution in [0.5, 0.6) is 0 Å². The molecule has 2 aromatic heterocycles. The molecule has 6 heteroatoms. The fourth-order valence-electron chi connectivity index (χ4n) is 2.17. The van der Waals surface area contributed by atoms with Crippen molar-refractivity contribution in [2.24, 2.45) is 0 Å². The van der Waals surface area contributed by atoms with Gasteiger partial charge in [0.25, 0.3) is 0 Å². The molecular formula is C17H18BClNO3. The van der Waals surface area contributed by atoms with Gasteiger partial charge in [-0.3, -0.25) is 4.98 Å². The van der Waals surface area contributed by atoms with Gasteiger partial charge in [0.15, 0.2) is 5.58 Å². The Balaban J connectivity index is 2.03. The average molecular weight is 331 g/mol. The van der Waals surface area contributed by atoms with Crippen LogP contribution in [0.2, 0.25) is 5.02 Å². The fourth-order valence-corrected chi connectivity index (χ4v) is 2.33. The van der Waals surface area contributed by atoms with Crippen molar-refractivity contribution in [2.75, 3.05) is 0 Å². The van der Waals surface area contributed by atoms with Crippen LogP contribution in [0.1, 0.15) is 27.7 Å². The largest absolute Gasteiger partial charge is 0.454 e. The molecule has 0 amide bonds. The van der Waals surface area contributed by atoms with E-state index in [1.54, 1.807) is 39.8 Å². The highest BCUT2D eigenvalue weighted by Gasteiger charge is 2.36. The number of halogens is 1. The zero-order valence-corrected chi connectivity index (χ0v) is 14.3. The van der Waals surface area contributed by atoms with Crippen molar-refractivity contribution in [3.63, 3.8) is 0 Å². The Morgan fingerprint density at radius 3 is 2.61 bits per heavy atom. The van der Waals surface area contributed by atoms with E-state index < -0.39 is 11.2 Å². The normalized spacial score (nSPS) is 13.0. The summed E-state index contributed by atoms with van der Waals surface area (Å²) in [7, 11) is 1.62. The maximum Gasteiger partial charge on any atom is 0.333 e. The molecular weight excluding hydrogens is 312 g/mol. The highest BCUT2D eigenvalue weighted by Crippen LogP contribution is 2.29. The van der Waals surface area contributed by atoms with E-state index in [0.29, 0.717) is 16.2 Å². The van der Waals surface area contributed by atoms with Crippen LogP contribution in [0.4, 0.5) is 0 Å². The van der Waals surface area contributed by atoms with Crippen molar-refractivity contribution in [3.05, 3.63) is 35.6 Å². The van der Waals surface area contributed by atoms with Gasteiger partial charge in [-0.25, -0.2) is 0 Å². The topological polar surface area (TPSA) is 55.5 Å². The van der Waals surface area contributed by atoms with Crippen LogP contribution >= 0.6 is 11.6 Å². The van der Waals surface area contributed by atoms with Crippen molar-refractivity contribution >= 4 is 46.5 Å². The minimum atomic E-state index is -0.989. The summed E-state index contributed by atoms with van der Waals surface area (Å²) in [6.45, 7) is 7.11. The lowest BCUT2D eigenvalue weighted by Gasteiger charge is -2.37. The van der Waals surface area contributed by atoms with E-state index >= 15 is 0 Å². The van der Waals surface area contributed by atoms with Crippen LogP contribution in [-0.2, 0) is 4.65 Å². The molecule has 0 bridgehead atoms. The Morgan fingerprint density at radius 2 is 1.91 bits per heavy atom. The van der Waals surface area contributed by atoms with Gasteiger partial charge in [-0.2, -0.15) is 0 Å². The molecule has 0 aliphatic heterocycles. The van der Waals surface area contributed by atoms with Crippen LogP contribution in [0.3, 0.4) is 0 Å². The molecule has 3 rings (SSSR count). The Hall–Kier alpha value is -1.56. The lowest BCUT2D eigenvalue weighted by Crippen LogP contribution is -2.49. The zero-order valence-electron chi connectivity index (χ0n) is 13.6. The molecule has 0 fully saturated rings. The summed E-state index contributed by atoms with van der Waals surface area (Å²) in [6, 6.07) is 5.52. The number of hydrogen-bond acceptors (Lipinski definition) is 4. The van der Waals surface area contributed by atoms with Gasteiger partial charge in [0.2, 0.25) is 0 Å². The number of nitrogens with zero attached hydrogens (tertiary/aromatic N) is 1. The molecule has 1 radical (unpaired) electrons. The predicted octanol–water partition coefficient (Wildman–Crippen LogP) is 3.45. The van der Waals surface area contributed by atoms with E-state index in [4.69, 9.17) is 20.7 Å². The van der Waals surface area contributed by atoms with Gasteiger partial charge in [-0.15, -0.1) is 0 Å². The smallest absolute Gasteiger partial charge is 0.333 e. The van der Waals surface area contributed by atoms with Crippen molar-refractivity contribution in [2.45, 2.75) is 38.9 Å². The Bertz CT molecular complexity index is 867. The summed E-state index contributed by atoms with van der Waals surface area (Å²) in [5.41, 5.74) is 0.424. The number of aliphatic hydroxyl groups is 1. The maximum absolute atomic E-state index is 10.2. The molecule has 2 heterocycles. The van der Waals surface area contributed by atoms with Crippen LogP contribution in [0.15, 0.2) is 35.0 Å². The fraction of sp³-hybridized carbons (Fsp3) is 0.353. The lowest BCUT2D eigenvalue weighted by molar-refractivity contribution is -0.0893. The van der Waals surface area contributed by atoms with Gasteiger partial charge >= 0.3 is 7.48 Å². The summed E-state index contributed by atoms with van der Waals surface area (Å²) in [4.78, 5) is 4.19. The third-order valence-electron chi connectivity index (χ3n) is 4.33. The molecule has 0 atom stereocenters. The van der Waals surface area contributed by atoms with Crippen LogP contribution in [0, 0.1) is 0 Å². The van der Waals surface area contributed by atoms with Crippen LogP contribution in [0.25, 0.3) is 21.9 Å². The van der Waals surface area contributed by atoms with Crippen molar-refractivity contribution < 1.29 is 14.2 Å². The number of fused-ring (bicyclic) bond motifs is 3. The lowest BCUT2D eigenvalue weighted by atomic mass is 9.81. The van der Waals surface area contributed by atoms with E-state index in [-0.39, 0.29) is 0 Å². The standard InChI is InChI=1S/C17H18BClNO3/c1-16(2,21)17(3,4)23-18-12-8-20-9-14-15(12)11-6-5-10(19)7-13(11)22-14/h5-9,21H,1-4H3. The van der Waals surface area contributed by atoms with Crippen molar-refractivity contribution in [1.29, 1.82) is 0 Å². The van der Waals surface area contributed by atoms with E-state index in [9.17, 15) is 5.11 Å². The minimum Gasteiger partial charge on any atom is -0.454 e. The third-order valence-corrected chi connectivity index (χ3v) is 4.56. The molecule has 1 N–H and O–H groups in total. The summed E-state index contributed by atoms with van der Waals surface area (Å²) >= 11 is 6.02. The molecule has 3 aromatic rings. The number of benzene rings is 1. The van der Waals surface area contributed by atoms with Gasteiger partial charge in [0.05, 0.1) is 17.4 Å². The summed E-state index contributed by atoms with van der Waals surface area (Å²) in [5, 5.41) is 12.7. The first kappa shape index (κ1) is 16.3. The van der Waals surface area contributed by atoms with Crippen LogP contribution in [-0.4, -0.2) is 28.8 Å². The van der Waals surface area contributed by atoms with Crippen molar-refractivity contribution in [3.8, 4) is 0 Å². The van der Waals surface area contributed by atoms with E-state index in [1.165, 1.54) is 0 Å². The molecule has 0 saturated heterocycles.